The van der Waals surface area contributed by atoms with Crippen LogP contribution >= 0.6 is 12.2 Å². The SMILES string of the molecule is Cc1ccccc1-c1nn(C[NH+](C)Cc2ccc(F)cc2)c(=S)n1C. The van der Waals surface area contributed by atoms with Gasteiger partial charge in [0.1, 0.15) is 12.4 Å². The highest BCUT2D eigenvalue weighted by molar-refractivity contribution is 7.71. The van der Waals surface area contributed by atoms with Crippen LogP contribution in [0.3, 0.4) is 0 Å². The van der Waals surface area contributed by atoms with Crippen molar-refractivity contribution in [2.45, 2.75) is 20.1 Å². The monoisotopic (exact) mass is 357 g/mol. The normalized spacial score (nSPS) is 12.3. The largest absolute Gasteiger partial charge is 0.315 e. The summed E-state index contributed by atoms with van der Waals surface area (Å²) in [5, 5.41) is 4.73. The third-order valence-corrected chi connectivity index (χ3v) is 4.75. The number of aryl methyl sites for hydroxylation is 1. The second kappa shape index (κ2) is 7.29. The molecular formula is C19H22FN4S+. The van der Waals surface area contributed by atoms with E-state index in [0.717, 1.165) is 23.5 Å². The summed E-state index contributed by atoms with van der Waals surface area (Å²) in [6.07, 6.45) is 0. The molecule has 1 N–H and O–H groups in total. The van der Waals surface area contributed by atoms with Crippen LogP contribution in [0.4, 0.5) is 4.39 Å². The van der Waals surface area contributed by atoms with Gasteiger partial charge in [0.05, 0.1) is 7.05 Å². The Labute approximate surface area is 152 Å². The fourth-order valence-corrected chi connectivity index (χ4v) is 3.10. The number of benzene rings is 2. The van der Waals surface area contributed by atoms with E-state index < -0.39 is 0 Å². The van der Waals surface area contributed by atoms with Gasteiger partial charge in [0.15, 0.2) is 12.5 Å². The van der Waals surface area contributed by atoms with Gasteiger partial charge in [-0.1, -0.05) is 36.4 Å². The Morgan fingerprint density at radius 2 is 1.80 bits per heavy atom. The van der Waals surface area contributed by atoms with E-state index in [-0.39, 0.29) is 5.82 Å². The molecular weight excluding hydrogens is 335 g/mol. The van der Waals surface area contributed by atoms with Gasteiger partial charge in [-0.2, -0.15) is 4.68 Å². The average Bonchev–Trinajstić information content (AvgIpc) is 2.86. The third kappa shape index (κ3) is 3.86. The molecule has 0 aliphatic heterocycles. The Hall–Kier alpha value is -2.31. The summed E-state index contributed by atoms with van der Waals surface area (Å²) in [5.41, 5.74) is 3.34. The number of hydrogen-bond donors (Lipinski definition) is 1. The molecule has 6 heteroatoms. The molecule has 0 bridgehead atoms. The predicted octanol–water partition coefficient (Wildman–Crippen LogP) is 2.74. The van der Waals surface area contributed by atoms with Crippen LogP contribution in [0, 0.1) is 17.5 Å². The lowest BCUT2D eigenvalue weighted by molar-refractivity contribution is -0.917. The predicted molar refractivity (Wildman–Crippen MR) is 99.2 cm³/mol. The molecule has 3 aromatic rings. The van der Waals surface area contributed by atoms with Crippen LogP contribution < -0.4 is 4.90 Å². The van der Waals surface area contributed by atoms with Crippen molar-refractivity contribution >= 4 is 12.2 Å². The Bertz CT molecular complexity index is 927. The van der Waals surface area contributed by atoms with Crippen molar-refractivity contribution in [2.24, 2.45) is 7.05 Å². The van der Waals surface area contributed by atoms with Crippen molar-refractivity contribution in [3.63, 3.8) is 0 Å². The zero-order valence-corrected chi connectivity index (χ0v) is 15.5. The quantitative estimate of drug-likeness (QED) is 0.711. The van der Waals surface area contributed by atoms with Crippen molar-refractivity contribution in [3.8, 4) is 11.4 Å². The minimum atomic E-state index is -0.212. The van der Waals surface area contributed by atoms with Crippen LogP contribution in [0.25, 0.3) is 11.4 Å². The highest BCUT2D eigenvalue weighted by Gasteiger charge is 2.14. The zero-order chi connectivity index (χ0) is 18.0. The Morgan fingerprint density at radius 3 is 2.48 bits per heavy atom. The van der Waals surface area contributed by atoms with E-state index in [2.05, 4.69) is 26.1 Å². The number of rotatable bonds is 5. The fourth-order valence-electron chi connectivity index (χ4n) is 2.91. The molecule has 0 fully saturated rings. The van der Waals surface area contributed by atoms with Crippen molar-refractivity contribution in [2.75, 3.05) is 7.05 Å². The molecule has 25 heavy (non-hydrogen) atoms. The van der Waals surface area contributed by atoms with Crippen LogP contribution in [0.1, 0.15) is 11.1 Å². The van der Waals surface area contributed by atoms with Gasteiger partial charge in [-0.25, -0.2) is 4.39 Å². The van der Waals surface area contributed by atoms with E-state index in [0.29, 0.717) is 11.4 Å². The smallest absolute Gasteiger partial charge is 0.202 e. The summed E-state index contributed by atoms with van der Waals surface area (Å²) in [7, 11) is 4.02. The van der Waals surface area contributed by atoms with Crippen LogP contribution in [-0.4, -0.2) is 21.4 Å². The van der Waals surface area contributed by atoms with Crippen LogP contribution in [0.15, 0.2) is 48.5 Å². The first-order chi connectivity index (χ1) is 12.0. The first-order valence-corrected chi connectivity index (χ1v) is 8.62. The number of halogens is 1. The molecule has 130 valence electrons. The molecule has 4 nitrogen and oxygen atoms in total. The first kappa shape index (κ1) is 17.5. The maximum absolute atomic E-state index is 13.0. The summed E-state index contributed by atoms with van der Waals surface area (Å²) >= 11 is 5.56. The topological polar surface area (TPSA) is 27.2 Å². The van der Waals surface area contributed by atoms with Crippen molar-refractivity contribution in [1.29, 1.82) is 0 Å². The standard InChI is InChI=1S/C19H21FN4S/c1-14-6-4-5-7-17(14)18-21-24(19(25)23(18)3)13-22(2)12-15-8-10-16(20)11-9-15/h4-11H,12-13H2,1-3H3/p+1. The lowest BCUT2D eigenvalue weighted by Crippen LogP contribution is -3.07. The molecule has 0 saturated carbocycles. The van der Waals surface area contributed by atoms with Crippen molar-refractivity contribution < 1.29 is 9.29 Å². The molecule has 1 aromatic heterocycles. The number of hydrogen-bond acceptors (Lipinski definition) is 2. The molecule has 0 aliphatic rings. The van der Waals surface area contributed by atoms with Crippen molar-refractivity contribution in [1.82, 2.24) is 14.3 Å². The van der Waals surface area contributed by atoms with Gasteiger partial charge in [-0.3, -0.25) is 0 Å². The molecule has 3 rings (SSSR count). The molecule has 0 spiro atoms. The van der Waals surface area contributed by atoms with E-state index in [1.807, 2.05) is 40.6 Å². The highest BCUT2D eigenvalue weighted by atomic mass is 32.1. The Balaban J connectivity index is 1.81. The van der Waals surface area contributed by atoms with Gasteiger partial charge in [0, 0.05) is 18.2 Å². The molecule has 1 heterocycles. The minimum Gasteiger partial charge on any atom is -0.315 e. The summed E-state index contributed by atoms with van der Waals surface area (Å²) in [6.45, 7) is 3.50. The molecule has 2 aromatic carbocycles. The molecule has 1 unspecified atom stereocenters. The molecule has 0 radical (unpaired) electrons. The zero-order valence-electron chi connectivity index (χ0n) is 14.7. The lowest BCUT2D eigenvalue weighted by Gasteiger charge is -2.13. The molecule has 0 amide bonds. The van der Waals surface area contributed by atoms with E-state index in [4.69, 9.17) is 17.3 Å². The lowest BCUT2D eigenvalue weighted by atomic mass is 10.1. The Kier molecular flexibility index (Phi) is 5.11. The molecule has 1 atom stereocenters. The summed E-state index contributed by atoms with van der Waals surface area (Å²) < 4.78 is 17.5. The first-order valence-electron chi connectivity index (χ1n) is 8.21. The van der Waals surface area contributed by atoms with E-state index in [1.54, 1.807) is 0 Å². The fraction of sp³-hybridized carbons (Fsp3) is 0.263. The van der Waals surface area contributed by atoms with Gasteiger partial charge in [-0.15, -0.1) is 5.10 Å². The maximum Gasteiger partial charge on any atom is 0.202 e. The Morgan fingerprint density at radius 1 is 1.12 bits per heavy atom. The van der Waals surface area contributed by atoms with Gasteiger partial charge >= 0.3 is 0 Å². The average molecular weight is 357 g/mol. The van der Waals surface area contributed by atoms with Gasteiger partial charge in [-0.05, 0) is 36.8 Å². The van der Waals surface area contributed by atoms with Crippen LogP contribution in [-0.2, 0) is 20.3 Å². The second-order valence-corrected chi connectivity index (χ2v) is 6.76. The van der Waals surface area contributed by atoms with E-state index in [1.165, 1.54) is 22.6 Å². The van der Waals surface area contributed by atoms with Crippen LogP contribution in [0.5, 0.6) is 0 Å². The third-order valence-electron chi connectivity index (χ3n) is 4.27. The number of nitrogens with one attached hydrogen (secondary N) is 1. The maximum atomic E-state index is 13.0. The van der Waals surface area contributed by atoms with Gasteiger partial charge in [0.2, 0.25) is 4.77 Å². The minimum absolute atomic E-state index is 0.212. The summed E-state index contributed by atoms with van der Waals surface area (Å²) in [4.78, 5) is 1.22. The van der Waals surface area contributed by atoms with E-state index >= 15 is 0 Å². The molecule has 0 saturated heterocycles. The van der Waals surface area contributed by atoms with Crippen molar-refractivity contribution in [3.05, 3.63) is 70.2 Å². The number of nitrogens with zero attached hydrogens (tertiary/aromatic N) is 3. The van der Waals surface area contributed by atoms with Crippen LogP contribution in [0.2, 0.25) is 0 Å². The summed E-state index contributed by atoms with van der Waals surface area (Å²) in [5.74, 6) is 0.661. The van der Waals surface area contributed by atoms with E-state index in [9.17, 15) is 4.39 Å². The number of aromatic nitrogens is 3. The number of quaternary nitrogens is 1. The molecule has 0 aliphatic carbocycles. The van der Waals surface area contributed by atoms with Gasteiger partial charge in [0.25, 0.3) is 0 Å². The second-order valence-electron chi connectivity index (χ2n) is 6.40. The van der Waals surface area contributed by atoms with Gasteiger partial charge < -0.3 is 9.47 Å². The highest BCUT2D eigenvalue weighted by Crippen LogP contribution is 2.20. The summed E-state index contributed by atoms with van der Waals surface area (Å²) in [6, 6.07) is 14.8.